The standard InChI is InChI=1S/C22H26F3N3O5/c1-4-31-18-11-8-16(12-19(18)32-5-2)27-21(30)14-28(3)13-20(29)26-15-6-9-17(10-7-15)33-22(23,24)25/h6-12H,4-5,13-14H2,1-3H3,(H,26,29)(H,27,30). The first-order valence-corrected chi connectivity index (χ1v) is 10.1. The summed E-state index contributed by atoms with van der Waals surface area (Å²) in [5.41, 5.74) is 0.816. The van der Waals surface area contributed by atoms with Gasteiger partial charge in [0.25, 0.3) is 0 Å². The van der Waals surface area contributed by atoms with E-state index in [1.54, 1.807) is 25.2 Å². The third-order valence-corrected chi connectivity index (χ3v) is 4.03. The van der Waals surface area contributed by atoms with Crippen LogP contribution < -0.4 is 24.8 Å². The van der Waals surface area contributed by atoms with Gasteiger partial charge in [-0.2, -0.15) is 0 Å². The van der Waals surface area contributed by atoms with E-state index in [0.29, 0.717) is 36.1 Å². The maximum atomic E-state index is 12.3. The van der Waals surface area contributed by atoms with E-state index in [-0.39, 0.29) is 19.0 Å². The molecule has 2 N–H and O–H groups in total. The lowest BCUT2D eigenvalue weighted by atomic mass is 10.2. The smallest absolute Gasteiger partial charge is 0.490 e. The number of hydrogen-bond acceptors (Lipinski definition) is 6. The highest BCUT2D eigenvalue weighted by atomic mass is 19.4. The number of anilines is 2. The summed E-state index contributed by atoms with van der Waals surface area (Å²) in [4.78, 5) is 26.0. The van der Waals surface area contributed by atoms with Gasteiger partial charge < -0.3 is 24.8 Å². The van der Waals surface area contributed by atoms with Gasteiger partial charge in [-0.15, -0.1) is 13.2 Å². The van der Waals surface area contributed by atoms with Crippen molar-refractivity contribution < 1.29 is 37.0 Å². The molecule has 33 heavy (non-hydrogen) atoms. The van der Waals surface area contributed by atoms with Gasteiger partial charge in [0.15, 0.2) is 11.5 Å². The van der Waals surface area contributed by atoms with Crippen LogP contribution in [0.15, 0.2) is 42.5 Å². The normalized spacial score (nSPS) is 11.1. The molecule has 0 saturated carbocycles. The lowest BCUT2D eigenvalue weighted by Gasteiger charge is -2.17. The van der Waals surface area contributed by atoms with Crippen molar-refractivity contribution in [1.82, 2.24) is 4.90 Å². The lowest BCUT2D eigenvalue weighted by molar-refractivity contribution is -0.274. The van der Waals surface area contributed by atoms with Crippen LogP contribution in [0.3, 0.4) is 0 Å². The van der Waals surface area contributed by atoms with Crippen LogP contribution in [0, 0.1) is 0 Å². The van der Waals surface area contributed by atoms with Crippen molar-refractivity contribution in [1.29, 1.82) is 0 Å². The topological polar surface area (TPSA) is 89.1 Å². The van der Waals surface area contributed by atoms with E-state index < -0.39 is 18.0 Å². The molecule has 0 aliphatic carbocycles. The SMILES string of the molecule is CCOc1ccc(NC(=O)CN(C)CC(=O)Nc2ccc(OC(F)(F)F)cc2)cc1OCC. The number of hydrogen-bond donors (Lipinski definition) is 2. The molecule has 0 saturated heterocycles. The molecule has 0 fully saturated rings. The fraction of sp³-hybridized carbons (Fsp3) is 0.364. The Morgan fingerprint density at radius 2 is 1.36 bits per heavy atom. The van der Waals surface area contributed by atoms with E-state index in [4.69, 9.17) is 9.47 Å². The maximum Gasteiger partial charge on any atom is 0.573 e. The van der Waals surface area contributed by atoms with Crippen molar-refractivity contribution in [3.05, 3.63) is 42.5 Å². The Labute approximate surface area is 189 Å². The van der Waals surface area contributed by atoms with Crippen molar-refractivity contribution in [2.45, 2.75) is 20.2 Å². The van der Waals surface area contributed by atoms with Crippen LogP contribution in [0.1, 0.15) is 13.8 Å². The van der Waals surface area contributed by atoms with Gasteiger partial charge in [-0.1, -0.05) is 0 Å². The molecular weight excluding hydrogens is 443 g/mol. The highest BCUT2D eigenvalue weighted by molar-refractivity contribution is 5.94. The Kier molecular flexibility index (Phi) is 9.34. The second-order valence-corrected chi connectivity index (χ2v) is 6.87. The van der Waals surface area contributed by atoms with Crippen LogP contribution in [-0.4, -0.2) is 56.4 Å². The van der Waals surface area contributed by atoms with E-state index in [2.05, 4.69) is 15.4 Å². The molecule has 11 heteroatoms. The van der Waals surface area contributed by atoms with E-state index in [1.807, 2.05) is 13.8 Å². The zero-order chi connectivity index (χ0) is 24.4. The summed E-state index contributed by atoms with van der Waals surface area (Å²) in [7, 11) is 1.59. The summed E-state index contributed by atoms with van der Waals surface area (Å²) in [6.45, 7) is 4.43. The highest BCUT2D eigenvalue weighted by Gasteiger charge is 2.31. The van der Waals surface area contributed by atoms with Crippen molar-refractivity contribution in [3.63, 3.8) is 0 Å². The molecule has 0 aliphatic heterocycles. The lowest BCUT2D eigenvalue weighted by Crippen LogP contribution is -2.36. The van der Waals surface area contributed by atoms with Gasteiger partial charge in [-0.3, -0.25) is 14.5 Å². The Hall–Kier alpha value is -3.47. The van der Waals surface area contributed by atoms with Gasteiger partial charge in [-0.25, -0.2) is 0 Å². The summed E-state index contributed by atoms with van der Waals surface area (Å²) in [6, 6.07) is 9.80. The average Bonchev–Trinajstić information content (AvgIpc) is 2.70. The summed E-state index contributed by atoms with van der Waals surface area (Å²) >= 11 is 0. The van der Waals surface area contributed by atoms with Gasteiger partial charge in [0.2, 0.25) is 11.8 Å². The van der Waals surface area contributed by atoms with Crippen LogP contribution in [0.5, 0.6) is 17.2 Å². The number of carbonyl (C=O) groups excluding carboxylic acids is 2. The minimum atomic E-state index is -4.79. The van der Waals surface area contributed by atoms with Gasteiger partial charge in [0.1, 0.15) is 5.75 Å². The van der Waals surface area contributed by atoms with Crippen LogP contribution >= 0.6 is 0 Å². The first-order valence-electron chi connectivity index (χ1n) is 10.1. The predicted molar refractivity (Wildman–Crippen MR) is 117 cm³/mol. The number of rotatable bonds is 11. The number of ether oxygens (including phenoxy) is 3. The number of nitrogens with one attached hydrogen (secondary N) is 2. The van der Waals surface area contributed by atoms with E-state index in [1.165, 1.54) is 17.0 Å². The molecule has 2 rings (SSSR count). The zero-order valence-corrected chi connectivity index (χ0v) is 18.5. The van der Waals surface area contributed by atoms with Crippen LogP contribution in [-0.2, 0) is 9.59 Å². The van der Waals surface area contributed by atoms with E-state index in [0.717, 1.165) is 12.1 Å². The number of alkyl halides is 3. The Bertz CT molecular complexity index is 936. The summed E-state index contributed by atoms with van der Waals surface area (Å²) < 4.78 is 51.4. The third kappa shape index (κ3) is 9.27. The van der Waals surface area contributed by atoms with Gasteiger partial charge in [-0.05, 0) is 57.3 Å². The highest BCUT2D eigenvalue weighted by Crippen LogP contribution is 2.30. The number of carbonyl (C=O) groups is 2. The van der Waals surface area contributed by atoms with E-state index in [9.17, 15) is 22.8 Å². The number of nitrogens with zero attached hydrogens (tertiary/aromatic N) is 1. The molecule has 0 heterocycles. The summed E-state index contributed by atoms with van der Waals surface area (Å²) in [5, 5.41) is 5.28. The minimum absolute atomic E-state index is 0.0665. The first-order chi connectivity index (χ1) is 15.6. The second kappa shape index (κ2) is 12.0. The van der Waals surface area contributed by atoms with Crippen LogP contribution in [0.2, 0.25) is 0 Å². The van der Waals surface area contributed by atoms with Crippen molar-refractivity contribution in [2.24, 2.45) is 0 Å². The molecule has 8 nitrogen and oxygen atoms in total. The van der Waals surface area contributed by atoms with Crippen molar-refractivity contribution in [3.8, 4) is 17.2 Å². The molecule has 0 spiro atoms. The Morgan fingerprint density at radius 1 is 0.848 bits per heavy atom. The van der Waals surface area contributed by atoms with E-state index >= 15 is 0 Å². The average molecular weight is 469 g/mol. The fourth-order valence-electron chi connectivity index (χ4n) is 2.82. The first kappa shape index (κ1) is 25.8. The number of likely N-dealkylation sites (N-methyl/N-ethyl adjacent to an activating group) is 1. The number of halogens is 3. The molecule has 2 amide bonds. The second-order valence-electron chi connectivity index (χ2n) is 6.87. The molecule has 0 bridgehead atoms. The molecule has 0 atom stereocenters. The molecule has 0 aromatic heterocycles. The molecule has 0 aliphatic rings. The fourth-order valence-corrected chi connectivity index (χ4v) is 2.82. The molecule has 0 unspecified atom stereocenters. The zero-order valence-electron chi connectivity index (χ0n) is 18.5. The largest absolute Gasteiger partial charge is 0.573 e. The molecular formula is C22H26F3N3O5. The number of amides is 2. The number of benzene rings is 2. The molecule has 2 aromatic rings. The predicted octanol–water partition coefficient (Wildman–Crippen LogP) is 3.89. The quantitative estimate of drug-likeness (QED) is 0.519. The monoisotopic (exact) mass is 469 g/mol. The van der Waals surface area contributed by atoms with Crippen molar-refractivity contribution in [2.75, 3.05) is 44.0 Å². The summed E-state index contributed by atoms with van der Waals surface area (Å²) in [6.07, 6.45) is -4.79. The maximum absolute atomic E-state index is 12.3. The van der Waals surface area contributed by atoms with Gasteiger partial charge in [0.05, 0.1) is 26.3 Å². The van der Waals surface area contributed by atoms with Crippen LogP contribution in [0.25, 0.3) is 0 Å². The molecule has 2 aromatic carbocycles. The van der Waals surface area contributed by atoms with Crippen molar-refractivity contribution >= 4 is 23.2 Å². The summed E-state index contributed by atoms with van der Waals surface area (Å²) in [5.74, 6) is -0.0863. The Balaban J connectivity index is 1.84. The molecule has 0 radical (unpaired) electrons. The van der Waals surface area contributed by atoms with Gasteiger partial charge in [0, 0.05) is 17.4 Å². The third-order valence-electron chi connectivity index (χ3n) is 4.03. The molecule has 180 valence electrons. The Morgan fingerprint density at radius 3 is 1.91 bits per heavy atom. The van der Waals surface area contributed by atoms with Crippen LogP contribution in [0.4, 0.5) is 24.5 Å². The van der Waals surface area contributed by atoms with Gasteiger partial charge >= 0.3 is 6.36 Å². The minimum Gasteiger partial charge on any atom is -0.490 e.